The zero-order valence-corrected chi connectivity index (χ0v) is 15.6. The van der Waals surface area contributed by atoms with Gasteiger partial charge in [0.1, 0.15) is 5.69 Å². The number of halogens is 3. The fraction of sp³-hybridized carbons (Fsp3) is 0.350. The zero-order chi connectivity index (χ0) is 20.6. The standard InChI is InChI=1S/C20H20F3N3O2/c1-11-16(19(24)28)12(2)18(20(21,22)23)25-17(11)14-7-5-13(6-8-14)10-26-9-3-4-15(26)27/h5-8H,3-4,9-10H2,1-2H3,(H2,24,28). The number of aromatic nitrogens is 1. The van der Waals surface area contributed by atoms with Crippen LogP contribution in [-0.4, -0.2) is 28.2 Å². The molecule has 1 aliphatic heterocycles. The van der Waals surface area contributed by atoms with Crippen LogP contribution in [-0.2, 0) is 17.5 Å². The minimum Gasteiger partial charge on any atom is -0.366 e. The molecule has 1 aromatic carbocycles. The molecule has 5 nitrogen and oxygen atoms in total. The number of hydrogen-bond acceptors (Lipinski definition) is 3. The van der Waals surface area contributed by atoms with Crippen LogP contribution in [0.15, 0.2) is 24.3 Å². The molecule has 2 aromatic rings. The Labute approximate surface area is 160 Å². The van der Waals surface area contributed by atoms with Gasteiger partial charge in [0, 0.05) is 30.6 Å². The van der Waals surface area contributed by atoms with Crippen molar-refractivity contribution in [2.24, 2.45) is 5.73 Å². The number of carbonyl (C=O) groups is 2. The number of nitrogens with two attached hydrogens (primary N) is 1. The molecule has 2 N–H and O–H groups in total. The van der Waals surface area contributed by atoms with Crippen LogP contribution in [0.25, 0.3) is 11.3 Å². The van der Waals surface area contributed by atoms with E-state index in [1.165, 1.54) is 13.8 Å². The lowest BCUT2D eigenvalue weighted by molar-refractivity contribution is -0.141. The Balaban J connectivity index is 2.02. The van der Waals surface area contributed by atoms with Gasteiger partial charge in [-0.3, -0.25) is 9.59 Å². The van der Waals surface area contributed by atoms with E-state index in [0.29, 0.717) is 30.6 Å². The molecule has 2 heterocycles. The van der Waals surface area contributed by atoms with Crippen LogP contribution in [0.2, 0.25) is 0 Å². The molecule has 0 saturated carbocycles. The van der Waals surface area contributed by atoms with Gasteiger partial charge in [-0.2, -0.15) is 13.2 Å². The molecule has 3 rings (SSSR count). The summed E-state index contributed by atoms with van der Waals surface area (Å²) in [5.74, 6) is -0.825. The number of nitrogens with zero attached hydrogens (tertiary/aromatic N) is 2. The Kier molecular flexibility index (Phi) is 5.14. The first-order valence-electron chi connectivity index (χ1n) is 8.85. The molecule has 0 radical (unpaired) electrons. The van der Waals surface area contributed by atoms with Crippen LogP contribution in [0.1, 0.15) is 45.6 Å². The zero-order valence-electron chi connectivity index (χ0n) is 15.6. The van der Waals surface area contributed by atoms with Crippen molar-refractivity contribution >= 4 is 11.8 Å². The highest BCUT2D eigenvalue weighted by Crippen LogP contribution is 2.36. The van der Waals surface area contributed by atoms with Gasteiger partial charge in [-0.1, -0.05) is 24.3 Å². The number of likely N-dealkylation sites (tertiary alicyclic amines) is 1. The van der Waals surface area contributed by atoms with Gasteiger partial charge in [-0.05, 0) is 37.0 Å². The Morgan fingerprint density at radius 1 is 1.18 bits per heavy atom. The van der Waals surface area contributed by atoms with Crippen LogP contribution in [0, 0.1) is 13.8 Å². The first-order valence-corrected chi connectivity index (χ1v) is 8.85. The van der Waals surface area contributed by atoms with Gasteiger partial charge in [0.25, 0.3) is 0 Å². The lowest BCUT2D eigenvalue weighted by Crippen LogP contribution is -2.23. The van der Waals surface area contributed by atoms with E-state index in [0.717, 1.165) is 12.0 Å². The van der Waals surface area contributed by atoms with Crippen LogP contribution >= 0.6 is 0 Å². The second-order valence-electron chi connectivity index (χ2n) is 6.91. The second kappa shape index (κ2) is 7.26. The minimum atomic E-state index is -4.70. The van der Waals surface area contributed by atoms with Crippen molar-refractivity contribution in [3.8, 4) is 11.3 Å². The monoisotopic (exact) mass is 391 g/mol. The van der Waals surface area contributed by atoms with Gasteiger partial charge in [-0.25, -0.2) is 4.98 Å². The molecular weight excluding hydrogens is 371 g/mol. The minimum absolute atomic E-state index is 0.0653. The van der Waals surface area contributed by atoms with Crippen LogP contribution in [0.5, 0.6) is 0 Å². The van der Waals surface area contributed by atoms with Gasteiger partial charge < -0.3 is 10.6 Å². The third-order valence-corrected chi connectivity index (χ3v) is 4.97. The second-order valence-corrected chi connectivity index (χ2v) is 6.91. The van der Waals surface area contributed by atoms with Crippen molar-refractivity contribution in [1.82, 2.24) is 9.88 Å². The van der Waals surface area contributed by atoms with Gasteiger partial charge in [0.2, 0.25) is 11.8 Å². The molecule has 1 fully saturated rings. The van der Waals surface area contributed by atoms with Gasteiger partial charge in [-0.15, -0.1) is 0 Å². The third-order valence-electron chi connectivity index (χ3n) is 4.97. The Morgan fingerprint density at radius 2 is 1.82 bits per heavy atom. The predicted octanol–water partition coefficient (Wildman–Crippen LogP) is 3.61. The number of benzene rings is 1. The first kappa shape index (κ1) is 19.9. The molecule has 0 atom stereocenters. The van der Waals surface area contributed by atoms with E-state index < -0.39 is 17.8 Å². The molecule has 1 saturated heterocycles. The molecule has 0 unspecified atom stereocenters. The molecule has 0 bridgehead atoms. The predicted molar refractivity (Wildman–Crippen MR) is 97.3 cm³/mol. The smallest absolute Gasteiger partial charge is 0.366 e. The molecule has 1 aliphatic rings. The Hall–Kier alpha value is -2.90. The number of primary amides is 1. The highest BCUT2D eigenvalue weighted by atomic mass is 19.4. The third kappa shape index (κ3) is 3.72. The number of alkyl halides is 3. The largest absolute Gasteiger partial charge is 0.433 e. The average Bonchev–Trinajstić information content (AvgIpc) is 2.99. The van der Waals surface area contributed by atoms with Crippen LogP contribution < -0.4 is 5.73 Å². The molecule has 148 valence electrons. The number of amides is 2. The summed E-state index contributed by atoms with van der Waals surface area (Å²) in [5.41, 5.74) is 5.47. The summed E-state index contributed by atoms with van der Waals surface area (Å²) in [6, 6.07) is 6.79. The van der Waals surface area contributed by atoms with Gasteiger partial charge >= 0.3 is 6.18 Å². The molecule has 0 aliphatic carbocycles. The Morgan fingerprint density at radius 3 is 2.32 bits per heavy atom. The van der Waals surface area contributed by atoms with Crippen LogP contribution in [0.4, 0.5) is 13.2 Å². The maximum absolute atomic E-state index is 13.4. The molecule has 1 aromatic heterocycles. The quantitative estimate of drug-likeness (QED) is 0.865. The van der Waals surface area contributed by atoms with E-state index in [9.17, 15) is 22.8 Å². The lowest BCUT2D eigenvalue weighted by atomic mass is 9.95. The topological polar surface area (TPSA) is 76.3 Å². The Bertz CT molecular complexity index is 937. The highest BCUT2D eigenvalue weighted by Gasteiger charge is 2.37. The van der Waals surface area contributed by atoms with E-state index in [-0.39, 0.29) is 22.7 Å². The number of hydrogen-bond donors (Lipinski definition) is 1. The summed E-state index contributed by atoms with van der Waals surface area (Å²) >= 11 is 0. The highest BCUT2D eigenvalue weighted by molar-refractivity contribution is 5.97. The van der Waals surface area contributed by atoms with E-state index in [1.807, 2.05) is 0 Å². The molecule has 0 spiro atoms. The molecule has 28 heavy (non-hydrogen) atoms. The van der Waals surface area contributed by atoms with E-state index in [1.54, 1.807) is 29.2 Å². The summed E-state index contributed by atoms with van der Waals surface area (Å²) in [7, 11) is 0. The van der Waals surface area contributed by atoms with Crippen molar-refractivity contribution in [2.75, 3.05) is 6.54 Å². The summed E-state index contributed by atoms with van der Waals surface area (Å²) in [6.07, 6.45) is -3.33. The number of pyridine rings is 1. The van der Waals surface area contributed by atoms with Crippen molar-refractivity contribution in [2.45, 2.75) is 39.4 Å². The summed E-state index contributed by atoms with van der Waals surface area (Å²) in [5, 5.41) is 0. The van der Waals surface area contributed by atoms with Crippen LogP contribution in [0.3, 0.4) is 0 Å². The molecular formula is C20H20F3N3O2. The number of carbonyl (C=O) groups excluding carboxylic acids is 2. The normalized spacial score (nSPS) is 14.6. The maximum atomic E-state index is 13.4. The van der Waals surface area contributed by atoms with Gasteiger partial charge in [0.15, 0.2) is 0 Å². The van der Waals surface area contributed by atoms with Crippen molar-refractivity contribution < 1.29 is 22.8 Å². The summed E-state index contributed by atoms with van der Waals surface area (Å²) in [6.45, 7) is 3.89. The van der Waals surface area contributed by atoms with E-state index >= 15 is 0 Å². The van der Waals surface area contributed by atoms with Gasteiger partial charge in [0.05, 0.1) is 5.69 Å². The number of rotatable bonds is 4. The first-order chi connectivity index (χ1) is 13.1. The fourth-order valence-corrected chi connectivity index (χ4v) is 3.58. The SMILES string of the molecule is Cc1c(-c2ccc(CN3CCCC3=O)cc2)nc(C(F)(F)F)c(C)c1C(N)=O. The van der Waals surface area contributed by atoms with Crippen molar-refractivity contribution in [1.29, 1.82) is 0 Å². The fourth-order valence-electron chi connectivity index (χ4n) is 3.58. The van der Waals surface area contributed by atoms with Crippen molar-refractivity contribution in [3.05, 3.63) is 52.2 Å². The molecule has 2 amide bonds. The maximum Gasteiger partial charge on any atom is 0.433 e. The van der Waals surface area contributed by atoms with Crippen molar-refractivity contribution in [3.63, 3.8) is 0 Å². The van der Waals surface area contributed by atoms with E-state index in [2.05, 4.69) is 4.98 Å². The lowest BCUT2D eigenvalue weighted by Gasteiger charge is -2.18. The van der Waals surface area contributed by atoms with E-state index in [4.69, 9.17) is 5.73 Å². The summed E-state index contributed by atoms with van der Waals surface area (Å²) in [4.78, 5) is 29.1. The summed E-state index contributed by atoms with van der Waals surface area (Å²) < 4.78 is 40.2. The molecule has 8 heteroatoms. The average molecular weight is 391 g/mol.